The molecular weight excluding hydrogens is 318 g/mol. The second kappa shape index (κ2) is 6.20. The second-order valence-electron chi connectivity index (χ2n) is 7.02. The first-order valence-corrected chi connectivity index (χ1v) is 9.09. The van der Waals surface area contributed by atoms with E-state index >= 15 is 0 Å². The maximum Gasteiger partial charge on any atom is 0.257 e. The van der Waals surface area contributed by atoms with Gasteiger partial charge in [-0.05, 0) is 25.2 Å². The molecule has 2 atom stereocenters. The number of rotatable bonds is 4. The normalized spacial score (nSPS) is 25.4. The highest BCUT2D eigenvalue weighted by molar-refractivity contribution is 5.95. The SMILES string of the molecule is CCc1nnc([C@]23CCC[C@H]2CN(C(=O)c2cncnc2CC)C3)o1. The molecule has 2 aromatic rings. The molecule has 132 valence electrons. The third-order valence-electron chi connectivity index (χ3n) is 5.71. The summed E-state index contributed by atoms with van der Waals surface area (Å²) in [6, 6.07) is 0. The van der Waals surface area contributed by atoms with Gasteiger partial charge in [0.25, 0.3) is 5.91 Å². The van der Waals surface area contributed by atoms with Crippen LogP contribution in [0.25, 0.3) is 0 Å². The molecule has 7 nitrogen and oxygen atoms in total. The van der Waals surface area contributed by atoms with E-state index in [1.165, 1.54) is 6.33 Å². The van der Waals surface area contributed by atoms with Gasteiger partial charge < -0.3 is 9.32 Å². The van der Waals surface area contributed by atoms with Crippen molar-refractivity contribution in [3.8, 4) is 0 Å². The minimum absolute atomic E-state index is 0.0152. The Kier molecular flexibility index (Phi) is 4.01. The number of aromatic nitrogens is 4. The largest absolute Gasteiger partial charge is 0.425 e. The molecule has 1 aliphatic carbocycles. The Morgan fingerprint density at radius 3 is 3.00 bits per heavy atom. The predicted octanol–water partition coefficient (Wildman–Crippen LogP) is 2.18. The molecule has 0 bridgehead atoms. The Balaban J connectivity index is 1.63. The van der Waals surface area contributed by atoms with Crippen molar-refractivity contribution < 1.29 is 9.21 Å². The number of hydrogen-bond acceptors (Lipinski definition) is 6. The Bertz CT molecular complexity index is 789. The minimum atomic E-state index is -0.182. The summed E-state index contributed by atoms with van der Waals surface area (Å²) in [7, 11) is 0. The van der Waals surface area contributed by atoms with Gasteiger partial charge in [-0.2, -0.15) is 0 Å². The van der Waals surface area contributed by atoms with Crippen LogP contribution in [0.15, 0.2) is 16.9 Å². The fourth-order valence-electron chi connectivity index (χ4n) is 4.38. The van der Waals surface area contributed by atoms with Crippen LogP contribution >= 0.6 is 0 Å². The second-order valence-corrected chi connectivity index (χ2v) is 7.02. The Morgan fingerprint density at radius 2 is 2.24 bits per heavy atom. The summed E-state index contributed by atoms with van der Waals surface area (Å²) in [4.78, 5) is 23.3. The Labute approximate surface area is 146 Å². The van der Waals surface area contributed by atoms with Gasteiger partial charge in [0.15, 0.2) is 0 Å². The van der Waals surface area contributed by atoms with Gasteiger partial charge in [0, 0.05) is 25.7 Å². The van der Waals surface area contributed by atoms with E-state index in [0.29, 0.717) is 29.8 Å². The first-order valence-electron chi connectivity index (χ1n) is 9.09. The molecular formula is C18H23N5O2. The molecule has 2 aromatic heterocycles. The molecule has 0 unspecified atom stereocenters. The molecule has 0 N–H and O–H groups in total. The summed E-state index contributed by atoms with van der Waals surface area (Å²) >= 11 is 0. The zero-order chi connectivity index (χ0) is 17.4. The zero-order valence-electron chi connectivity index (χ0n) is 14.7. The smallest absolute Gasteiger partial charge is 0.257 e. The summed E-state index contributed by atoms with van der Waals surface area (Å²) in [5, 5.41) is 8.47. The van der Waals surface area contributed by atoms with Gasteiger partial charge in [-0.3, -0.25) is 4.79 Å². The lowest BCUT2D eigenvalue weighted by atomic mass is 9.80. The molecule has 1 amide bonds. The quantitative estimate of drug-likeness (QED) is 0.847. The van der Waals surface area contributed by atoms with E-state index in [4.69, 9.17) is 4.42 Å². The lowest BCUT2D eigenvalue weighted by Gasteiger charge is -2.24. The van der Waals surface area contributed by atoms with Gasteiger partial charge in [0.05, 0.1) is 16.7 Å². The number of fused-ring (bicyclic) bond motifs is 1. The van der Waals surface area contributed by atoms with Crippen LogP contribution in [0.1, 0.15) is 60.9 Å². The third-order valence-corrected chi connectivity index (χ3v) is 5.71. The number of aryl methyl sites for hydroxylation is 2. The van der Waals surface area contributed by atoms with Gasteiger partial charge in [-0.25, -0.2) is 9.97 Å². The lowest BCUT2D eigenvalue weighted by molar-refractivity contribution is 0.0773. The van der Waals surface area contributed by atoms with Crippen LogP contribution in [0.3, 0.4) is 0 Å². The van der Waals surface area contributed by atoms with Crippen LogP contribution in [0.4, 0.5) is 0 Å². The number of carbonyl (C=O) groups is 1. The summed E-state index contributed by atoms with van der Waals surface area (Å²) < 4.78 is 5.92. The van der Waals surface area contributed by atoms with Gasteiger partial charge in [0.1, 0.15) is 6.33 Å². The van der Waals surface area contributed by atoms with Gasteiger partial charge in [-0.1, -0.05) is 20.3 Å². The molecule has 4 rings (SSSR count). The minimum Gasteiger partial charge on any atom is -0.425 e. The summed E-state index contributed by atoms with van der Waals surface area (Å²) in [5.74, 6) is 1.78. The number of nitrogens with zero attached hydrogens (tertiary/aromatic N) is 5. The fourth-order valence-corrected chi connectivity index (χ4v) is 4.38. The molecule has 25 heavy (non-hydrogen) atoms. The maximum absolute atomic E-state index is 13.1. The average Bonchev–Trinajstić information content (AvgIpc) is 3.34. The highest BCUT2D eigenvalue weighted by atomic mass is 16.4. The summed E-state index contributed by atoms with van der Waals surface area (Å²) in [6.45, 7) is 5.39. The van der Waals surface area contributed by atoms with Crippen LogP contribution in [0, 0.1) is 5.92 Å². The highest BCUT2D eigenvalue weighted by Gasteiger charge is 2.55. The zero-order valence-corrected chi connectivity index (χ0v) is 14.7. The standard InChI is InChI=1S/C18H23N5O2/c1-3-14-13(8-19-11-20-14)16(24)23-9-12-6-5-7-18(12,10-23)17-22-21-15(4-2)25-17/h8,11-12H,3-7,9-10H2,1-2H3/t12-,18-/m0/s1. The summed E-state index contributed by atoms with van der Waals surface area (Å²) in [5.41, 5.74) is 1.23. The van der Waals surface area contributed by atoms with E-state index in [9.17, 15) is 4.79 Å². The van der Waals surface area contributed by atoms with Crippen molar-refractivity contribution in [2.24, 2.45) is 5.92 Å². The van der Waals surface area contributed by atoms with E-state index in [1.54, 1.807) is 6.20 Å². The molecule has 0 aromatic carbocycles. The molecule has 2 fully saturated rings. The Morgan fingerprint density at radius 1 is 1.36 bits per heavy atom. The van der Waals surface area contributed by atoms with Crippen molar-refractivity contribution in [3.63, 3.8) is 0 Å². The molecule has 1 aliphatic heterocycles. The van der Waals surface area contributed by atoms with Crippen LogP contribution in [0.2, 0.25) is 0 Å². The summed E-state index contributed by atoms with van der Waals surface area (Å²) in [6.07, 6.45) is 7.83. The maximum atomic E-state index is 13.1. The van der Waals surface area contributed by atoms with E-state index in [0.717, 1.165) is 44.3 Å². The number of likely N-dealkylation sites (tertiary alicyclic amines) is 1. The average molecular weight is 341 g/mol. The highest BCUT2D eigenvalue weighted by Crippen LogP contribution is 2.50. The molecule has 0 spiro atoms. The van der Waals surface area contributed by atoms with Crippen molar-refractivity contribution >= 4 is 5.91 Å². The monoisotopic (exact) mass is 341 g/mol. The number of amides is 1. The van der Waals surface area contributed by atoms with Gasteiger partial charge >= 0.3 is 0 Å². The fraction of sp³-hybridized carbons (Fsp3) is 0.611. The molecule has 0 radical (unpaired) electrons. The van der Waals surface area contributed by atoms with Crippen molar-refractivity contribution in [2.45, 2.75) is 51.4 Å². The van der Waals surface area contributed by atoms with Gasteiger partial charge in [0.2, 0.25) is 11.8 Å². The van der Waals surface area contributed by atoms with E-state index < -0.39 is 0 Å². The van der Waals surface area contributed by atoms with Crippen LogP contribution in [0.5, 0.6) is 0 Å². The number of hydrogen-bond donors (Lipinski definition) is 0. The van der Waals surface area contributed by atoms with E-state index in [2.05, 4.69) is 20.2 Å². The first-order chi connectivity index (χ1) is 12.2. The van der Waals surface area contributed by atoms with Crippen molar-refractivity contribution in [1.29, 1.82) is 0 Å². The van der Waals surface area contributed by atoms with Crippen LogP contribution < -0.4 is 0 Å². The number of carbonyl (C=O) groups excluding carboxylic acids is 1. The molecule has 3 heterocycles. The molecule has 2 aliphatic rings. The predicted molar refractivity (Wildman–Crippen MR) is 90.0 cm³/mol. The van der Waals surface area contributed by atoms with Gasteiger partial charge in [-0.15, -0.1) is 10.2 Å². The lowest BCUT2D eigenvalue weighted by Crippen LogP contribution is -2.35. The first kappa shape index (κ1) is 16.2. The molecule has 7 heteroatoms. The topological polar surface area (TPSA) is 85.0 Å². The van der Waals surface area contributed by atoms with Crippen LogP contribution in [-0.4, -0.2) is 44.1 Å². The van der Waals surface area contributed by atoms with Crippen molar-refractivity contribution in [3.05, 3.63) is 35.6 Å². The molecule has 1 saturated carbocycles. The van der Waals surface area contributed by atoms with Crippen LogP contribution in [-0.2, 0) is 18.3 Å². The third kappa shape index (κ3) is 2.53. The van der Waals surface area contributed by atoms with Crippen molar-refractivity contribution in [2.75, 3.05) is 13.1 Å². The van der Waals surface area contributed by atoms with E-state index in [-0.39, 0.29) is 11.3 Å². The Hall–Kier alpha value is -2.31. The van der Waals surface area contributed by atoms with E-state index in [1.807, 2.05) is 18.7 Å². The van der Waals surface area contributed by atoms with Crippen molar-refractivity contribution in [1.82, 2.24) is 25.1 Å². The molecule has 1 saturated heterocycles.